The molecule has 0 amide bonds. The summed E-state index contributed by atoms with van der Waals surface area (Å²) in [4.78, 5) is 8.03. The Morgan fingerprint density at radius 1 is 1.33 bits per heavy atom. The van der Waals surface area contributed by atoms with E-state index >= 15 is 0 Å². The Morgan fingerprint density at radius 3 is 2.92 bits per heavy atom. The zero-order valence-electron chi connectivity index (χ0n) is 7.25. The summed E-state index contributed by atoms with van der Waals surface area (Å²) in [5, 5.41) is 6.24. The van der Waals surface area contributed by atoms with Crippen molar-refractivity contribution in [2.24, 2.45) is 0 Å². The normalized spacial score (nSPS) is 9.75. The lowest BCUT2D eigenvalue weighted by molar-refractivity contribution is 0.746. The van der Waals surface area contributed by atoms with Gasteiger partial charge >= 0.3 is 0 Å². The van der Waals surface area contributed by atoms with Crippen LogP contribution in [0.4, 0.5) is 5.82 Å². The molecule has 0 atom stereocenters. The quantitative estimate of drug-likeness (QED) is 0.625. The number of aromatic nitrogens is 2. The van der Waals surface area contributed by atoms with Gasteiger partial charge in [-0.25, -0.2) is 4.98 Å². The second-order valence-corrected chi connectivity index (χ2v) is 2.47. The van der Waals surface area contributed by atoms with Gasteiger partial charge in [0.25, 0.3) is 0 Å². The first-order valence-electron chi connectivity index (χ1n) is 4.08. The molecule has 0 saturated heterocycles. The Kier molecular flexibility index (Phi) is 4.08. The van der Waals surface area contributed by atoms with Crippen molar-refractivity contribution < 1.29 is 0 Å². The van der Waals surface area contributed by atoms with Crippen LogP contribution in [0, 0.1) is 0 Å². The van der Waals surface area contributed by atoms with Crippen LogP contribution in [0.1, 0.15) is 6.42 Å². The van der Waals surface area contributed by atoms with E-state index in [2.05, 4.69) is 20.6 Å². The molecule has 0 bridgehead atoms. The summed E-state index contributed by atoms with van der Waals surface area (Å²) >= 11 is 0. The molecule has 0 aliphatic carbocycles. The van der Waals surface area contributed by atoms with Gasteiger partial charge in [-0.2, -0.15) is 0 Å². The largest absolute Gasteiger partial charge is 0.369 e. The highest BCUT2D eigenvalue weighted by molar-refractivity contribution is 5.29. The van der Waals surface area contributed by atoms with E-state index in [-0.39, 0.29) is 0 Å². The average molecular weight is 166 g/mol. The fraction of sp³-hybridized carbons (Fsp3) is 0.500. The highest BCUT2D eigenvalue weighted by Crippen LogP contribution is 1.95. The Balaban J connectivity index is 2.16. The molecular weight excluding hydrogens is 152 g/mol. The van der Waals surface area contributed by atoms with Crippen molar-refractivity contribution in [3.63, 3.8) is 0 Å². The highest BCUT2D eigenvalue weighted by atomic mass is 15.0. The van der Waals surface area contributed by atoms with E-state index in [1.54, 1.807) is 18.6 Å². The van der Waals surface area contributed by atoms with Gasteiger partial charge in [-0.1, -0.05) is 0 Å². The minimum Gasteiger partial charge on any atom is -0.369 e. The third kappa shape index (κ3) is 3.30. The molecule has 0 aromatic carbocycles. The maximum Gasteiger partial charge on any atom is 0.144 e. The Labute approximate surface area is 72.4 Å². The first kappa shape index (κ1) is 8.93. The molecule has 66 valence electrons. The Hall–Kier alpha value is -1.16. The summed E-state index contributed by atoms with van der Waals surface area (Å²) < 4.78 is 0. The van der Waals surface area contributed by atoms with Gasteiger partial charge in [0.2, 0.25) is 0 Å². The Morgan fingerprint density at radius 2 is 2.25 bits per heavy atom. The molecule has 1 aromatic rings. The van der Waals surface area contributed by atoms with Crippen LogP contribution in [0.3, 0.4) is 0 Å². The number of hydrogen-bond donors (Lipinski definition) is 2. The minimum atomic E-state index is 0.841. The molecule has 0 unspecified atom stereocenters. The van der Waals surface area contributed by atoms with Crippen molar-refractivity contribution in [2.75, 3.05) is 25.5 Å². The third-order valence-corrected chi connectivity index (χ3v) is 1.47. The van der Waals surface area contributed by atoms with Gasteiger partial charge in [-0.3, -0.25) is 4.98 Å². The van der Waals surface area contributed by atoms with Crippen molar-refractivity contribution in [3.8, 4) is 0 Å². The van der Waals surface area contributed by atoms with E-state index in [4.69, 9.17) is 0 Å². The second kappa shape index (κ2) is 5.49. The molecule has 0 spiro atoms. The van der Waals surface area contributed by atoms with Crippen molar-refractivity contribution >= 4 is 5.82 Å². The number of anilines is 1. The van der Waals surface area contributed by atoms with Gasteiger partial charge < -0.3 is 10.6 Å². The second-order valence-electron chi connectivity index (χ2n) is 2.47. The van der Waals surface area contributed by atoms with Gasteiger partial charge in [0.05, 0.1) is 6.20 Å². The van der Waals surface area contributed by atoms with E-state index in [9.17, 15) is 0 Å². The lowest BCUT2D eigenvalue weighted by Gasteiger charge is -2.03. The molecule has 4 nitrogen and oxygen atoms in total. The summed E-state index contributed by atoms with van der Waals surface area (Å²) in [6.07, 6.45) is 6.16. The number of nitrogens with zero attached hydrogens (tertiary/aromatic N) is 2. The van der Waals surface area contributed by atoms with Gasteiger partial charge in [0.1, 0.15) is 5.82 Å². The van der Waals surface area contributed by atoms with Gasteiger partial charge in [-0.15, -0.1) is 0 Å². The van der Waals surface area contributed by atoms with Crippen molar-refractivity contribution in [1.29, 1.82) is 0 Å². The number of hydrogen-bond acceptors (Lipinski definition) is 4. The predicted octanol–water partition coefficient (Wildman–Crippen LogP) is 0.498. The number of nitrogens with one attached hydrogen (secondary N) is 2. The summed E-state index contributed by atoms with van der Waals surface area (Å²) in [5.41, 5.74) is 0. The third-order valence-electron chi connectivity index (χ3n) is 1.47. The zero-order chi connectivity index (χ0) is 8.65. The molecule has 1 aromatic heterocycles. The van der Waals surface area contributed by atoms with Gasteiger partial charge in [0, 0.05) is 18.9 Å². The maximum absolute atomic E-state index is 4.08. The summed E-state index contributed by atoms with van der Waals surface area (Å²) in [5.74, 6) is 0.841. The number of rotatable bonds is 5. The molecule has 2 N–H and O–H groups in total. The van der Waals surface area contributed by atoms with Crippen LogP contribution < -0.4 is 10.6 Å². The first-order chi connectivity index (χ1) is 5.93. The molecule has 1 heterocycles. The molecular formula is C8H14N4. The van der Waals surface area contributed by atoms with E-state index in [1.807, 2.05) is 7.05 Å². The molecule has 0 aliphatic heterocycles. The first-order valence-corrected chi connectivity index (χ1v) is 4.08. The molecule has 1 rings (SSSR count). The van der Waals surface area contributed by atoms with E-state index in [0.717, 1.165) is 25.3 Å². The molecule has 0 fully saturated rings. The van der Waals surface area contributed by atoms with Crippen LogP contribution in [-0.4, -0.2) is 30.1 Å². The molecule has 0 saturated carbocycles. The van der Waals surface area contributed by atoms with Crippen LogP contribution in [0.5, 0.6) is 0 Å². The lowest BCUT2D eigenvalue weighted by atomic mass is 10.4. The summed E-state index contributed by atoms with van der Waals surface area (Å²) in [6.45, 7) is 1.95. The fourth-order valence-electron chi connectivity index (χ4n) is 0.872. The van der Waals surface area contributed by atoms with E-state index < -0.39 is 0 Å². The Bertz CT molecular complexity index is 199. The monoisotopic (exact) mass is 166 g/mol. The standard InChI is InChI=1S/C8H14N4/c1-9-3-2-4-11-8-7-10-5-6-12-8/h5-7,9H,2-4H2,1H3,(H,11,12). The topological polar surface area (TPSA) is 49.8 Å². The molecule has 0 radical (unpaired) electrons. The molecule has 0 aliphatic rings. The van der Waals surface area contributed by atoms with Crippen LogP contribution in [0.15, 0.2) is 18.6 Å². The lowest BCUT2D eigenvalue weighted by Crippen LogP contribution is -2.13. The van der Waals surface area contributed by atoms with Crippen LogP contribution in [0.25, 0.3) is 0 Å². The molecule has 12 heavy (non-hydrogen) atoms. The maximum atomic E-state index is 4.08. The SMILES string of the molecule is CNCCCNc1cnccn1. The van der Waals surface area contributed by atoms with Crippen molar-refractivity contribution in [2.45, 2.75) is 6.42 Å². The van der Waals surface area contributed by atoms with Gasteiger partial charge in [0.15, 0.2) is 0 Å². The van der Waals surface area contributed by atoms with Crippen LogP contribution in [-0.2, 0) is 0 Å². The van der Waals surface area contributed by atoms with Crippen LogP contribution >= 0.6 is 0 Å². The van der Waals surface area contributed by atoms with E-state index in [0.29, 0.717) is 0 Å². The zero-order valence-corrected chi connectivity index (χ0v) is 7.25. The summed E-state index contributed by atoms with van der Waals surface area (Å²) in [7, 11) is 1.95. The predicted molar refractivity (Wildman–Crippen MR) is 49.1 cm³/mol. The smallest absolute Gasteiger partial charge is 0.144 e. The van der Waals surface area contributed by atoms with Crippen molar-refractivity contribution in [1.82, 2.24) is 15.3 Å². The average Bonchev–Trinajstić information content (AvgIpc) is 2.14. The van der Waals surface area contributed by atoms with Crippen molar-refractivity contribution in [3.05, 3.63) is 18.6 Å². The van der Waals surface area contributed by atoms with Crippen LogP contribution in [0.2, 0.25) is 0 Å². The van der Waals surface area contributed by atoms with Gasteiger partial charge in [-0.05, 0) is 20.0 Å². The fourth-order valence-corrected chi connectivity index (χ4v) is 0.872. The highest BCUT2D eigenvalue weighted by Gasteiger charge is 1.89. The summed E-state index contributed by atoms with van der Waals surface area (Å²) in [6, 6.07) is 0. The molecule has 4 heteroatoms. The van der Waals surface area contributed by atoms with E-state index in [1.165, 1.54) is 0 Å². The minimum absolute atomic E-state index is 0.841.